The van der Waals surface area contributed by atoms with Gasteiger partial charge in [0.1, 0.15) is 0 Å². The van der Waals surface area contributed by atoms with Gasteiger partial charge in [-0.05, 0) is 29.7 Å². The van der Waals surface area contributed by atoms with Crippen LogP contribution in [0.25, 0.3) is 0 Å². The van der Waals surface area contributed by atoms with Crippen molar-refractivity contribution in [3.63, 3.8) is 0 Å². The minimum Gasteiger partial charge on any atom is -0.478 e. The van der Waals surface area contributed by atoms with E-state index in [-0.39, 0.29) is 10.8 Å². The molecule has 2 rings (SSSR count). The first-order valence-corrected chi connectivity index (χ1v) is 5.11. The van der Waals surface area contributed by atoms with Gasteiger partial charge in [-0.1, -0.05) is 6.07 Å². The molecule has 0 saturated heterocycles. The predicted octanol–water partition coefficient (Wildman–Crippen LogP) is 2.83. The standard InChI is InChI=1S/C10H8Cl2O2/c11-8-4-6-3-5(10(13)14)1-2-7(6)9(8)12/h1-3,8-9H,4H2,(H,13,14). The first-order valence-electron chi connectivity index (χ1n) is 4.24. The van der Waals surface area contributed by atoms with Crippen molar-refractivity contribution in [1.82, 2.24) is 0 Å². The Morgan fingerprint density at radius 3 is 2.79 bits per heavy atom. The molecular formula is C10H8Cl2O2. The largest absolute Gasteiger partial charge is 0.478 e. The number of carboxylic acid groups (broad SMARTS) is 1. The highest BCUT2D eigenvalue weighted by atomic mass is 35.5. The van der Waals surface area contributed by atoms with E-state index in [2.05, 4.69) is 0 Å². The zero-order chi connectivity index (χ0) is 10.3. The summed E-state index contributed by atoms with van der Waals surface area (Å²) >= 11 is 12.0. The lowest BCUT2D eigenvalue weighted by molar-refractivity contribution is 0.0697. The molecule has 4 heteroatoms. The molecule has 1 aromatic rings. The molecule has 0 heterocycles. The molecule has 1 aliphatic rings. The maximum atomic E-state index is 10.7. The quantitative estimate of drug-likeness (QED) is 0.754. The number of hydrogen-bond donors (Lipinski definition) is 1. The van der Waals surface area contributed by atoms with Crippen LogP contribution in [0.15, 0.2) is 18.2 Å². The van der Waals surface area contributed by atoms with Crippen molar-refractivity contribution in [2.24, 2.45) is 0 Å². The van der Waals surface area contributed by atoms with Gasteiger partial charge in [0.2, 0.25) is 0 Å². The molecule has 2 unspecified atom stereocenters. The molecule has 14 heavy (non-hydrogen) atoms. The monoisotopic (exact) mass is 230 g/mol. The lowest BCUT2D eigenvalue weighted by Gasteiger charge is -2.04. The summed E-state index contributed by atoms with van der Waals surface area (Å²) in [4.78, 5) is 10.7. The molecular weight excluding hydrogens is 223 g/mol. The van der Waals surface area contributed by atoms with E-state index < -0.39 is 5.97 Å². The maximum absolute atomic E-state index is 10.7. The molecule has 0 amide bonds. The van der Waals surface area contributed by atoms with E-state index in [1.807, 2.05) is 0 Å². The highest BCUT2D eigenvalue weighted by Gasteiger charge is 2.29. The molecule has 1 aromatic carbocycles. The molecule has 0 aromatic heterocycles. The lowest BCUT2D eigenvalue weighted by Crippen LogP contribution is -1.98. The Kier molecular flexibility index (Phi) is 2.41. The number of carbonyl (C=O) groups is 1. The van der Waals surface area contributed by atoms with Crippen LogP contribution in [0.1, 0.15) is 26.9 Å². The fourth-order valence-electron chi connectivity index (χ4n) is 1.69. The van der Waals surface area contributed by atoms with Gasteiger partial charge in [0.25, 0.3) is 0 Å². The van der Waals surface area contributed by atoms with Gasteiger partial charge in [0.15, 0.2) is 0 Å². The minimum absolute atomic E-state index is 0.129. The Bertz CT molecular complexity index is 390. The molecule has 2 nitrogen and oxygen atoms in total. The Balaban J connectivity index is 2.44. The number of alkyl halides is 2. The lowest BCUT2D eigenvalue weighted by atomic mass is 10.1. The van der Waals surface area contributed by atoms with E-state index in [9.17, 15) is 4.79 Å². The highest BCUT2D eigenvalue weighted by molar-refractivity contribution is 6.30. The summed E-state index contributed by atoms with van der Waals surface area (Å²) in [5, 5.41) is 8.45. The van der Waals surface area contributed by atoms with Crippen molar-refractivity contribution in [1.29, 1.82) is 0 Å². The zero-order valence-electron chi connectivity index (χ0n) is 7.21. The van der Waals surface area contributed by atoms with Gasteiger partial charge in [0.05, 0.1) is 16.3 Å². The molecule has 0 saturated carbocycles. The second-order valence-corrected chi connectivity index (χ2v) is 4.37. The third kappa shape index (κ3) is 1.49. The summed E-state index contributed by atoms with van der Waals surface area (Å²) in [6, 6.07) is 4.96. The number of hydrogen-bond acceptors (Lipinski definition) is 1. The SMILES string of the molecule is O=C(O)c1ccc2c(c1)CC(Cl)C2Cl. The smallest absolute Gasteiger partial charge is 0.335 e. The summed E-state index contributed by atoms with van der Waals surface area (Å²) in [7, 11) is 0. The Hall–Kier alpha value is -0.730. The fraction of sp³-hybridized carbons (Fsp3) is 0.300. The van der Waals surface area contributed by atoms with Crippen molar-refractivity contribution in [2.45, 2.75) is 17.2 Å². The Morgan fingerprint density at radius 2 is 2.14 bits per heavy atom. The van der Waals surface area contributed by atoms with Gasteiger partial charge in [-0.3, -0.25) is 0 Å². The molecule has 0 spiro atoms. The third-order valence-corrected chi connectivity index (χ3v) is 3.49. The molecule has 0 aliphatic heterocycles. The van der Waals surface area contributed by atoms with Gasteiger partial charge in [-0.25, -0.2) is 4.79 Å². The van der Waals surface area contributed by atoms with Crippen LogP contribution < -0.4 is 0 Å². The molecule has 2 atom stereocenters. The third-order valence-electron chi connectivity index (χ3n) is 2.42. The molecule has 1 N–H and O–H groups in total. The fourth-order valence-corrected chi connectivity index (χ4v) is 2.30. The second kappa shape index (κ2) is 3.44. The van der Waals surface area contributed by atoms with E-state index >= 15 is 0 Å². The highest BCUT2D eigenvalue weighted by Crippen LogP contribution is 2.39. The number of benzene rings is 1. The first kappa shape index (κ1) is 9.81. The van der Waals surface area contributed by atoms with Gasteiger partial charge < -0.3 is 5.11 Å². The van der Waals surface area contributed by atoms with Crippen LogP contribution in [0.5, 0.6) is 0 Å². The van der Waals surface area contributed by atoms with Gasteiger partial charge >= 0.3 is 5.97 Å². The molecule has 0 fully saturated rings. The molecule has 0 bridgehead atoms. The van der Waals surface area contributed by atoms with E-state index in [0.717, 1.165) is 11.1 Å². The van der Waals surface area contributed by atoms with Crippen LogP contribution in [0.4, 0.5) is 0 Å². The number of carboxylic acids is 1. The van der Waals surface area contributed by atoms with Gasteiger partial charge in [-0.2, -0.15) is 0 Å². The second-order valence-electron chi connectivity index (χ2n) is 3.34. The van der Waals surface area contributed by atoms with Crippen molar-refractivity contribution >= 4 is 29.2 Å². The molecule has 0 radical (unpaired) electrons. The number of fused-ring (bicyclic) bond motifs is 1. The van der Waals surface area contributed by atoms with Gasteiger partial charge in [-0.15, -0.1) is 23.2 Å². The van der Waals surface area contributed by atoms with Crippen molar-refractivity contribution in [3.8, 4) is 0 Å². The molecule has 74 valence electrons. The van der Waals surface area contributed by atoms with Crippen LogP contribution in [0.2, 0.25) is 0 Å². The number of aromatic carboxylic acids is 1. The topological polar surface area (TPSA) is 37.3 Å². The van der Waals surface area contributed by atoms with Crippen LogP contribution in [-0.2, 0) is 6.42 Å². The van der Waals surface area contributed by atoms with E-state index in [4.69, 9.17) is 28.3 Å². The first-order chi connectivity index (χ1) is 6.59. The van der Waals surface area contributed by atoms with E-state index in [1.165, 1.54) is 0 Å². The average Bonchev–Trinajstić information content (AvgIpc) is 2.42. The minimum atomic E-state index is -0.919. The van der Waals surface area contributed by atoms with Crippen LogP contribution >= 0.6 is 23.2 Å². The van der Waals surface area contributed by atoms with Crippen LogP contribution in [-0.4, -0.2) is 16.5 Å². The van der Waals surface area contributed by atoms with Crippen molar-refractivity contribution in [2.75, 3.05) is 0 Å². The molecule has 1 aliphatic carbocycles. The van der Waals surface area contributed by atoms with Gasteiger partial charge in [0, 0.05) is 0 Å². The Morgan fingerprint density at radius 1 is 1.43 bits per heavy atom. The van der Waals surface area contributed by atoms with Crippen LogP contribution in [0, 0.1) is 0 Å². The predicted molar refractivity (Wildman–Crippen MR) is 55.3 cm³/mol. The Labute approximate surface area is 91.4 Å². The van der Waals surface area contributed by atoms with Crippen molar-refractivity contribution in [3.05, 3.63) is 34.9 Å². The summed E-state index contributed by atoms with van der Waals surface area (Å²) in [5.41, 5.74) is 2.19. The van der Waals surface area contributed by atoms with Crippen LogP contribution in [0.3, 0.4) is 0 Å². The summed E-state index contributed by atoms with van der Waals surface area (Å²) in [6.45, 7) is 0. The van der Waals surface area contributed by atoms with E-state index in [1.54, 1.807) is 18.2 Å². The number of halogens is 2. The van der Waals surface area contributed by atoms with E-state index in [0.29, 0.717) is 12.0 Å². The maximum Gasteiger partial charge on any atom is 0.335 e. The zero-order valence-corrected chi connectivity index (χ0v) is 8.72. The number of rotatable bonds is 1. The normalized spacial score (nSPS) is 24.7. The summed E-state index contributed by atoms with van der Waals surface area (Å²) in [5.74, 6) is -0.919. The van der Waals surface area contributed by atoms with Crippen molar-refractivity contribution < 1.29 is 9.90 Å². The summed E-state index contributed by atoms with van der Waals surface area (Å²) < 4.78 is 0. The average molecular weight is 231 g/mol. The summed E-state index contributed by atoms with van der Waals surface area (Å²) in [6.07, 6.45) is 0.645.